The minimum atomic E-state index is -0.617. The normalized spacial score (nSPS) is 14.8. The first-order valence-electron chi connectivity index (χ1n) is 11.9. The standard InChI is InChI=1S/C26H28BrFN6O2/c1-5-26(8-9-26)33(24(35)36-25(2,3)4)14-20-21(27)22(29)34-23(32-20)18(13-31-34)16-10-15-11-17(28)6-7-19(15)30-12-16/h6-7,10-13H,5,8-9,14,29H2,1-4H3. The summed E-state index contributed by atoms with van der Waals surface area (Å²) in [5.41, 5.74) is 8.83. The zero-order valence-electron chi connectivity index (χ0n) is 20.7. The number of halogens is 2. The van der Waals surface area contributed by atoms with Crippen LogP contribution in [0.4, 0.5) is 15.0 Å². The van der Waals surface area contributed by atoms with E-state index in [4.69, 9.17) is 15.5 Å². The van der Waals surface area contributed by atoms with Crippen LogP contribution >= 0.6 is 15.9 Å². The molecule has 1 aliphatic rings. The number of hydrogen-bond donors (Lipinski definition) is 1. The molecule has 2 N–H and O–H groups in total. The van der Waals surface area contributed by atoms with Crippen molar-refractivity contribution in [2.24, 2.45) is 0 Å². The van der Waals surface area contributed by atoms with Gasteiger partial charge in [-0.2, -0.15) is 9.61 Å². The fourth-order valence-electron chi connectivity index (χ4n) is 4.45. The third kappa shape index (κ3) is 4.38. The molecule has 3 heterocycles. The largest absolute Gasteiger partial charge is 0.444 e. The highest BCUT2D eigenvalue weighted by molar-refractivity contribution is 9.10. The van der Waals surface area contributed by atoms with Crippen LogP contribution in [-0.2, 0) is 11.3 Å². The van der Waals surface area contributed by atoms with Gasteiger partial charge in [0.05, 0.1) is 28.4 Å². The molecule has 10 heteroatoms. The lowest BCUT2D eigenvalue weighted by molar-refractivity contribution is 0.00961. The summed E-state index contributed by atoms with van der Waals surface area (Å²) in [6, 6.07) is 6.32. The summed E-state index contributed by atoms with van der Waals surface area (Å²) in [5.74, 6) is 0.0357. The first-order valence-corrected chi connectivity index (χ1v) is 12.7. The molecule has 36 heavy (non-hydrogen) atoms. The van der Waals surface area contributed by atoms with Crippen molar-refractivity contribution in [2.45, 2.75) is 64.6 Å². The molecule has 0 saturated heterocycles. The average Bonchev–Trinajstić information content (AvgIpc) is 3.50. The van der Waals surface area contributed by atoms with Gasteiger partial charge in [0.2, 0.25) is 0 Å². The number of anilines is 1. The van der Waals surface area contributed by atoms with Crippen LogP contribution in [0.3, 0.4) is 0 Å². The van der Waals surface area contributed by atoms with Crippen LogP contribution in [0.15, 0.2) is 41.1 Å². The fraction of sp³-hybridized carbons (Fsp3) is 0.385. The van der Waals surface area contributed by atoms with Gasteiger partial charge in [-0.1, -0.05) is 6.92 Å². The van der Waals surface area contributed by atoms with E-state index >= 15 is 0 Å². The number of nitrogen functional groups attached to an aromatic ring is 1. The van der Waals surface area contributed by atoms with E-state index in [1.807, 2.05) is 26.8 Å². The number of carbonyl (C=O) groups excluding carboxylic acids is 1. The van der Waals surface area contributed by atoms with E-state index in [0.717, 1.165) is 24.8 Å². The van der Waals surface area contributed by atoms with Crippen LogP contribution in [0.25, 0.3) is 27.7 Å². The first kappa shape index (κ1) is 24.4. The second-order valence-electron chi connectivity index (χ2n) is 10.3. The van der Waals surface area contributed by atoms with E-state index in [-0.39, 0.29) is 24.0 Å². The maximum Gasteiger partial charge on any atom is 0.411 e. The van der Waals surface area contributed by atoms with Gasteiger partial charge in [-0.15, -0.1) is 0 Å². The van der Waals surface area contributed by atoms with Crippen molar-refractivity contribution in [1.82, 2.24) is 24.5 Å². The quantitative estimate of drug-likeness (QED) is 0.319. The maximum absolute atomic E-state index is 13.8. The van der Waals surface area contributed by atoms with Gasteiger partial charge < -0.3 is 10.5 Å². The highest BCUT2D eigenvalue weighted by atomic mass is 79.9. The van der Waals surface area contributed by atoms with Crippen molar-refractivity contribution in [1.29, 1.82) is 0 Å². The molecule has 4 aromatic rings. The van der Waals surface area contributed by atoms with Gasteiger partial charge in [-0.05, 0) is 80.2 Å². The molecule has 1 amide bonds. The monoisotopic (exact) mass is 554 g/mol. The van der Waals surface area contributed by atoms with Crippen molar-refractivity contribution < 1.29 is 13.9 Å². The number of carbonyl (C=O) groups is 1. The summed E-state index contributed by atoms with van der Waals surface area (Å²) in [7, 11) is 0. The van der Waals surface area contributed by atoms with E-state index in [1.165, 1.54) is 12.1 Å². The Bertz CT molecular complexity index is 1490. The van der Waals surface area contributed by atoms with Crippen molar-refractivity contribution in [3.63, 3.8) is 0 Å². The van der Waals surface area contributed by atoms with E-state index in [1.54, 1.807) is 27.9 Å². The van der Waals surface area contributed by atoms with Gasteiger partial charge in [-0.25, -0.2) is 14.2 Å². The molecule has 0 radical (unpaired) electrons. The predicted octanol–water partition coefficient (Wildman–Crippen LogP) is 6.11. The molecular weight excluding hydrogens is 527 g/mol. The van der Waals surface area contributed by atoms with E-state index < -0.39 is 5.60 Å². The fourth-order valence-corrected chi connectivity index (χ4v) is 4.84. The summed E-state index contributed by atoms with van der Waals surface area (Å²) >= 11 is 3.57. The third-order valence-corrected chi connectivity index (χ3v) is 7.49. The molecule has 0 aliphatic heterocycles. The number of ether oxygens (including phenoxy) is 1. The Balaban J connectivity index is 1.58. The lowest BCUT2D eigenvalue weighted by Crippen LogP contribution is -2.44. The van der Waals surface area contributed by atoms with Gasteiger partial charge in [0.25, 0.3) is 0 Å². The molecule has 0 unspecified atom stereocenters. The number of benzene rings is 1. The Morgan fingerprint density at radius 1 is 1.28 bits per heavy atom. The Labute approximate surface area is 216 Å². The van der Waals surface area contributed by atoms with Gasteiger partial charge in [0.15, 0.2) is 5.65 Å². The van der Waals surface area contributed by atoms with Crippen LogP contribution in [0.2, 0.25) is 0 Å². The number of aromatic nitrogens is 4. The molecule has 188 valence electrons. The number of amides is 1. The zero-order valence-corrected chi connectivity index (χ0v) is 22.3. The van der Waals surface area contributed by atoms with E-state index in [9.17, 15) is 9.18 Å². The molecule has 0 bridgehead atoms. The molecule has 0 atom stereocenters. The SMILES string of the molecule is CCC1(N(Cc2nc3c(-c4cnc5ccc(F)cc5c4)cnn3c(N)c2Br)C(=O)OC(C)(C)C)CC1. The van der Waals surface area contributed by atoms with Gasteiger partial charge in [0.1, 0.15) is 17.2 Å². The van der Waals surface area contributed by atoms with Crippen molar-refractivity contribution >= 4 is 44.4 Å². The van der Waals surface area contributed by atoms with E-state index in [0.29, 0.717) is 38.1 Å². The first-order chi connectivity index (χ1) is 17.0. The van der Waals surface area contributed by atoms with Crippen LogP contribution in [0, 0.1) is 5.82 Å². The average molecular weight is 555 g/mol. The Morgan fingerprint density at radius 2 is 2.03 bits per heavy atom. The number of nitrogens with two attached hydrogens (primary N) is 1. The van der Waals surface area contributed by atoms with Crippen LogP contribution in [-0.4, -0.2) is 41.7 Å². The molecule has 8 nitrogen and oxygen atoms in total. The number of pyridine rings is 1. The molecule has 3 aromatic heterocycles. The highest BCUT2D eigenvalue weighted by Gasteiger charge is 2.50. The maximum atomic E-state index is 13.8. The van der Waals surface area contributed by atoms with E-state index in [2.05, 4.69) is 32.9 Å². The molecule has 1 fully saturated rings. The molecule has 1 aliphatic carbocycles. The Kier molecular flexibility index (Phi) is 5.89. The Morgan fingerprint density at radius 3 is 2.69 bits per heavy atom. The molecule has 0 spiro atoms. The van der Waals surface area contributed by atoms with Crippen molar-refractivity contribution in [3.8, 4) is 11.1 Å². The lowest BCUT2D eigenvalue weighted by Gasteiger charge is -2.33. The second kappa shape index (κ2) is 8.69. The molecule has 1 aromatic carbocycles. The second-order valence-corrected chi connectivity index (χ2v) is 11.0. The highest BCUT2D eigenvalue weighted by Crippen LogP contribution is 2.46. The summed E-state index contributed by atoms with van der Waals surface area (Å²) in [6.45, 7) is 7.88. The van der Waals surface area contributed by atoms with Gasteiger partial charge in [0, 0.05) is 28.2 Å². The van der Waals surface area contributed by atoms with Gasteiger partial charge in [-0.3, -0.25) is 9.88 Å². The van der Waals surface area contributed by atoms with Crippen LogP contribution < -0.4 is 5.73 Å². The molecule has 5 rings (SSSR count). The summed E-state index contributed by atoms with van der Waals surface area (Å²) in [6.07, 6.45) is 5.64. The zero-order chi connectivity index (χ0) is 25.8. The number of fused-ring (bicyclic) bond motifs is 2. The van der Waals surface area contributed by atoms with Crippen molar-refractivity contribution in [2.75, 3.05) is 5.73 Å². The minimum absolute atomic E-state index is 0.232. The number of nitrogens with zero attached hydrogens (tertiary/aromatic N) is 5. The minimum Gasteiger partial charge on any atom is -0.444 e. The topological polar surface area (TPSA) is 98.6 Å². The summed E-state index contributed by atoms with van der Waals surface area (Å²) in [4.78, 5) is 24.4. The smallest absolute Gasteiger partial charge is 0.411 e. The lowest BCUT2D eigenvalue weighted by atomic mass is 10.1. The summed E-state index contributed by atoms with van der Waals surface area (Å²) in [5, 5.41) is 5.10. The summed E-state index contributed by atoms with van der Waals surface area (Å²) < 4.78 is 21.7. The van der Waals surface area contributed by atoms with Crippen LogP contribution in [0.5, 0.6) is 0 Å². The third-order valence-electron chi connectivity index (χ3n) is 6.63. The van der Waals surface area contributed by atoms with Crippen molar-refractivity contribution in [3.05, 3.63) is 52.6 Å². The van der Waals surface area contributed by atoms with Crippen LogP contribution in [0.1, 0.15) is 52.7 Å². The predicted molar refractivity (Wildman–Crippen MR) is 140 cm³/mol. The Hall–Kier alpha value is -3.27. The molecule has 1 saturated carbocycles. The molecular formula is C26H28BrFN6O2. The number of hydrogen-bond acceptors (Lipinski definition) is 6. The van der Waals surface area contributed by atoms with Gasteiger partial charge >= 0.3 is 6.09 Å². The number of rotatable bonds is 5.